The Kier molecular flexibility index (Phi) is 3.73. The molecule has 96 valence electrons. The summed E-state index contributed by atoms with van der Waals surface area (Å²) in [5, 5.41) is 4.29. The predicted octanol–water partition coefficient (Wildman–Crippen LogP) is 1.98. The van der Waals surface area contributed by atoms with Crippen LogP contribution < -0.4 is 0 Å². The smallest absolute Gasteiger partial charge is 0.182 e. The number of terminal acetylenes is 1. The molecular weight excluding hydrogens is 236 g/mol. The van der Waals surface area contributed by atoms with E-state index >= 15 is 0 Å². The summed E-state index contributed by atoms with van der Waals surface area (Å²) in [5.74, 6) is 9.53. The third-order valence-corrected chi connectivity index (χ3v) is 3.00. The van der Waals surface area contributed by atoms with Gasteiger partial charge in [-0.15, -0.1) is 6.42 Å². The molecule has 1 atom stereocenters. The minimum Gasteiger partial charge on any atom is -0.335 e. The molecule has 0 saturated heterocycles. The topological polar surface area (TPSA) is 46.5 Å². The zero-order valence-corrected chi connectivity index (χ0v) is 11.4. The molecule has 0 saturated carbocycles. The van der Waals surface area contributed by atoms with E-state index in [-0.39, 0.29) is 5.92 Å². The van der Waals surface area contributed by atoms with Crippen molar-refractivity contribution in [1.82, 2.24) is 19.7 Å². The van der Waals surface area contributed by atoms with Crippen LogP contribution in [-0.4, -0.2) is 19.7 Å². The van der Waals surface area contributed by atoms with Crippen molar-refractivity contribution in [3.63, 3.8) is 0 Å². The van der Waals surface area contributed by atoms with E-state index in [0.717, 1.165) is 23.5 Å². The quantitative estimate of drug-likeness (QED) is 0.831. The maximum Gasteiger partial charge on any atom is 0.182 e. The molecule has 2 aromatic heterocycles. The first-order chi connectivity index (χ1) is 9.10. The Labute approximate surface area is 113 Å². The first kappa shape index (κ1) is 13.0. The van der Waals surface area contributed by atoms with Crippen molar-refractivity contribution in [1.29, 1.82) is 0 Å². The summed E-state index contributed by atoms with van der Waals surface area (Å²) >= 11 is 0. The van der Waals surface area contributed by atoms with Gasteiger partial charge in [0, 0.05) is 37.0 Å². The average molecular weight is 252 g/mol. The van der Waals surface area contributed by atoms with E-state index in [9.17, 15) is 0 Å². The third-order valence-electron chi connectivity index (χ3n) is 3.00. The summed E-state index contributed by atoms with van der Waals surface area (Å²) in [4.78, 5) is 7.17. The number of imidazole rings is 1. The summed E-state index contributed by atoms with van der Waals surface area (Å²) in [6, 6.07) is 1.98. The van der Waals surface area contributed by atoms with Crippen LogP contribution in [0.3, 0.4) is 0 Å². The van der Waals surface area contributed by atoms with Gasteiger partial charge in [0.05, 0.1) is 0 Å². The monoisotopic (exact) mass is 252 g/mol. The molecule has 4 nitrogen and oxygen atoms in total. The molecule has 0 aromatic carbocycles. The van der Waals surface area contributed by atoms with Crippen LogP contribution in [0.2, 0.25) is 0 Å². The lowest BCUT2D eigenvalue weighted by atomic mass is 10.1. The van der Waals surface area contributed by atoms with Crippen LogP contribution in [-0.2, 0) is 7.05 Å². The molecule has 0 aliphatic heterocycles. The average Bonchev–Trinajstić information content (AvgIpc) is 2.97. The van der Waals surface area contributed by atoms with E-state index in [4.69, 9.17) is 6.42 Å². The van der Waals surface area contributed by atoms with Gasteiger partial charge in [0.25, 0.3) is 0 Å². The van der Waals surface area contributed by atoms with Gasteiger partial charge in [-0.1, -0.05) is 12.8 Å². The predicted molar refractivity (Wildman–Crippen MR) is 74.4 cm³/mol. The molecule has 0 radical (unpaired) electrons. The minimum atomic E-state index is 0.270. The van der Waals surface area contributed by atoms with Crippen molar-refractivity contribution in [2.75, 3.05) is 0 Å². The fourth-order valence-corrected chi connectivity index (χ4v) is 1.69. The first-order valence-electron chi connectivity index (χ1n) is 6.11. The number of aromatic amines is 1. The van der Waals surface area contributed by atoms with Crippen molar-refractivity contribution in [3.8, 4) is 24.2 Å². The summed E-state index contributed by atoms with van der Waals surface area (Å²) in [6.45, 7) is 4.10. The highest BCUT2D eigenvalue weighted by Gasteiger charge is 2.06. The molecular formula is C15H16N4. The molecule has 0 bridgehead atoms. The van der Waals surface area contributed by atoms with Crippen molar-refractivity contribution in [2.45, 2.75) is 26.2 Å². The molecule has 0 aliphatic carbocycles. The number of hydrogen-bond donors (Lipinski definition) is 1. The largest absolute Gasteiger partial charge is 0.335 e. The lowest BCUT2D eigenvalue weighted by Gasteiger charge is -2.02. The van der Waals surface area contributed by atoms with Crippen molar-refractivity contribution in [3.05, 3.63) is 35.2 Å². The van der Waals surface area contributed by atoms with Crippen LogP contribution in [0, 0.1) is 31.1 Å². The molecule has 2 heterocycles. The van der Waals surface area contributed by atoms with E-state index in [2.05, 4.69) is 39.8 Å². The van der Waals surface area contributed by atoms with Crippen LogP contribution >= 0.6 is 0 Å². The van der Waals surface area contributed by atoms with Gasteiger partial charge in [-0.25, -0.2) is 4.98 Å². The third kappa shape index (κ3) is 3.05. The maximum atomic E-state index is 5.27. The normalized spacial score (nSPS) is 11.5. The van der Waals surface area contributed by atoms with Crippen LogP contribution in [0.25, 0.3) is 0 Å². The molecule has 1 N–H and O–H groups in total. The molecule has 2 aromatic rings. The Balaban J connectivity index is 2.01. The molecule has 0 amide bonds. The van der Waals surface area contributed by atoms with Crippen molar-refractivity contribution >= 4 is 0 Å². The van der Waals surface area contributed by atoms with Crippen molar-refractivity contribution < 1.29 is 0 Å². The Morgan fingerprint density at radius 3 is 2.89 bits per heavy atom. The second kappa shape index (κ2) is 5.46. The summed E-state index contributed by atoms with van der Waals surface area (Å²) in [7, 11) is 1.91. The van der Waals surface area contributed by atoms with Gasteiger partial charge < -0.3 is 4.98 Å². The van der Waals surface area contributed by atoms with Gasteiger partial charge in [-0.2, -0.15) is 5.10 Å². The molecule has 0 aliphatic rings. The molecule has 4 heteroatoms. The number of aromatic nitrogens is 4. The van der Waals surface area contributed by atoms with Crippen LogP contribution in [0.4, 0.5) is 0 Å². The lowest BCUT2D eigenvalue weighted by molar-refractivity contribution is 0.736. The number of rotatable bonds is 2. The SMILES string of the molecule is C#Cc1ncc(C(C)CC#Cc2cc(C)n(C)n2)[nH]1. The standard InChI is InChI=1S/C15H16N4/c1-5-15-16-10-14(17-15)11(2)7-6-8-13-9-12(3)19(4)18-13/h1,9-11H,7H2,2-4H3,(H,16,17). The number of aryl methyl sites for hydroxylation is 2. The number of nitrogens with one attached hydrogen (secondary N) is 1. The minimum absolute atomic E-state index is 0.270. The molecule has 0 spiro atoms. The fourth-order valence-electron chi connectivity index (χ4n) is 1.69. The Bertz CT molecular complexity index is 654. The molecule has 0 fully saturated rings. The van der Waals surface area contributed by atoms with Crippen molar-refractivity contribution in [2.24, 2.45) is 7.05 Å². The van der Waals surface area contributed by atoms with Gasteiger partial charge in [-0.05, 0) is 24.8 Å². The van der Waals surface area contributed by atoms with Crippen LogP contribution in [0.15, 0.2) is 12.3 Å². The summed E-state index contributed by atoms with van der Waals surface area (Å²) in [5.41, 5.74) is 2.92. The van der Waals surface area contributed by atoms with E-state index < -0.39 is 0 Å². The van der Waals surface area contributed by atoms with Gasteiger partial charge in [0.2, 0.25) is 0 Å². The Morgan fingerprint density at radius 2 is 2.32 bits per heavy atom. The maximum absolute atomic E-state index is 5.27. The highest BCUT2D eigenvalue weighted by molar-refractivity contribution is 5.29. The van der Waals surface area contributed by atoms with Gasteiger partial charge in [-0.3, -0.25) is 4.68 Å². The lowest BCUT2D eigenvalue weighted by Crippen LogP contribution is -1.93. The second-order valence-electron chi connectivity index (χ2n) is 4.53. The summed E-state index contributed by atoms with van der Waals surface area (Å²) in [6.07, 6.45) is 7.78. The Morgan fingerprint density at radius 1 is 1.53 bits per heavy atom. The number of H-pyrrole nitrogens is 1. The molecule has 19 heavy (non-hydrogen) atoms. The van der Waals surface area contributed by atoms with Crippen LogP contribution in [0.1, 0.15) is 42.2 Å². The molecule has 1 unspecified atom stereocenters. The van der Waals surface area contributed by atoms with Gasteiger partial charge in [0.1, 0.15) is 5.69 Å². The molecule has 2 rings (SSSR count). The second-order valence-corrected chi connectivity index (χ2v) is 4.53. The highest BCUT2D eigenvalue weighted by atomic mass is 15.3. The Hall–Kier alpha value is -2.46. The zero-order chi connectivity index (χ0) is 13.8. The summed E-state index contributed by atoms with van der Waals surface area (Å²) < 4.78 is 1.82. The number of hydrogen-bond acceptors (Lipinski definition) is 2. The van der Waals surface area contributed by atoms with E-state index in [1.165, 1.54) is 0 Å². The zero-order valence-electron chi connectivity index (χ0n) is 11.4. The van der Waals surface area contributed by atoms with E-state index in [1.807, 2.05) is 24.7 Å². The fraction of sp³-hybridized carbons (Fsp3) is 0.333. The van der Waals surface area contributed by atoms with Gasteiger partial charge >= 0.3 is 0 Å². The van der Waals surface area contributed by atoms with E-state index in [1.54, 1.807) is 6.20 Å². The van der Waals surface area contributed by atoms with Gasteiger partial charge in [0.15, 0.2) is 5.82 Å². The van der Waals surface area contributed by atoms with E-state index in [0.29, 0.717) is 5.82 Å². The highest BCUT2D eigenvalue weighted by Crippen LogP contribution is 2.15. The number of nitrogens with zero attached hydrogens (tertiary/aromatic N) is 3. The van der Waals surface area contributed by atoms with Crippen LogP contribution in [0.5, 0.6) is 0 Å². The first-order valence-corrected chi connectivity index (χ1v) is 6.11.